The molecule has 1 heterocycles. The number of carbonyl (C=O) groups excluding carboxylic acids is 1. The maximum atomic E-state index is 11.9. The molecule has 0 aromatic carbocycles. The topological polar surface area (TPSA) is 59.2 Å². The summed E-state index contributed by atoms with van der Waals surface area (Å²) < 4.78 is 5.66. The second-order valence-corrected chi connectivity index (χ2v) is 8.88. The number of hydrogen-bond donors (Lipinski definition) is 1. The smallest absolute Gasteiger partial charge is 0.273 e. The van der Waals surface area contributed by atoms with Crippen LogP contribution in [0.5, 0.6) is 0 Å². The van der Waals surface area contributed by atoms with Gasteiger partial charge in [0.1, 0.15) is 0 Å². The number of rotatable bonds is 2. The Morgan fingerprint density at radius 3 is 1.92 bits per heavy atom. The van der Waals surface area contributed by atoms with E-state index < -0.39 is 0 Å². The second-order valence-electron chi connectivity index (χ2n) is 8.50. The van der Waals surface area contributed by atoms with Gasteiger partial charge in [-0.2, -0.15) is 0 Å². The lowest BCUT2D eigenvalue weighted by molar-refractivity contribution is -0.133. The summed E-state index contributed by atoms with van der Waals surface area (Å²) >= 11 is 4.18. The van der Waals surface area contributed by atoms with Gasteiger partial charge in [-0.1, -0.05) is 64.5 Å². The Morgan fingerprint density at radius 1 is 0.962 bits per heavy atom. The van der Waals surface area contributed by atoms with Gasteiger partial charge in [0.25, 0.3) is 5.22 Å². The SMILES string of the molecule is CC(=O)N(C)C1(C)CCCCCCC(C)(c2nnc(S)o2)CCCCC1. The predicted octanol–water partition coefficient (Wildman–Crippen LogP) is 5.16. The molecule has 26 heavy (non-hydrogen) atoms. The molecule has 0 aliphatic heterocycles. The third kappa shape index (κ3) is 5.48. The van der Waals surface area contributed by atoms with Gasteiger partial charge in [-0.15, -0.1) is 10.2 Å². The van der Waals surface area contributed by atoms with Gasteiger partial charge in [-0.05, 0) is 32.6 Å². The molecule has 1 fully saturated rings. The van der Waals surface area contributed by atoms with Gasteiger partial charge in [-0.3, -0.25) is 4.79 Å². The Labute approximate surface area is 163 Å². The molecule has 5 nitrogen and oxygen atoms in total. The van der Waals surface area contributed by atoms with Gasteiger partial charge in [0.05, 0.1) is 0 Å². The third-order valence-corrected chi connectivity index (χ3v) is 6.53. The lowest BCUT2D eigenvalue weighted by Gasteiger charge is -2.39. The fraction of sp³-hybridized carbons (Fsp3) is 0.850. The standard InChI is InChI=1S/C20H35N3O2S/c1-16(24)23(4)20(3)14-10-6-5-8-12-19(2,13-9-7-11-15-20)17-21-22-18(26)25-17/h5-15H2,1-4H3,(H,22,26). The molecule has 1 aromatic rings. The van der Waals surface area contributed by atoms with Gasteiger partial charge in [-0.25, -0.2) is 0 Å². The first-order valence-electron chi connectivity index (χ1n) is 10.0. The van der Waals surface area contributed by atoms with Crippen LogP contribution in [0.1, 0.15) is 97.3 Å². The van der Waals surface area contributed by atoms with Crippen molar-refractivity contribution in [2.24, 2.45) is 0 Å². The van der Waals surface area contributed by atoms with Crippen LogP contribution in [0.3, 0.4) is 0 Å². The number of aromatic nitrogens is 2. The van der Waals surface area contributed by atoms with E-state index in [1.807, 2.05) is 11.9 Å². The summed E-state index contributed by atoms with van der Waals surface area (Å²) in [5, 5.41) is 8.53. The molecule has 0 bridgehead atoms. The minimum atomic E-state index is -0.0541. The van der Waals surface area contributed by atoms with E-state index in [9.17, 15) is 4.79 Å². The average molecular weight is 382 g/mol. The van der Waals surface area contributed by atoms with E-state index in [0.29, 0.717) is 5.22 Å². The molecule has 148 valence electrons. The maximum Gasteiger partial charge on any atom is 0.273 e. The quantitative estimate of drug-likeness (QED) is 0.719. The number of carbonyl (C=O) groups is 1. The van der Waals surface area contributed by atoms with Crippen LogP contribution in [0.2, 0.25) is 0 Å². The first kappa shape index (κ1) is 21.3. The van der Waals surface area contributed by atoms with Crippen molar-refractivity contribution in [2.45, 2.75) is 108 Å². The van der Waals surface area contributed by atoms with Crippen molar-refractivity contribution in [3.8, 4) is 0 Å². The van der Waals surface area contributed by atoms with Gasteiger partial charge in [0, 0.05) is 24.9 Å². The summed E-state index contributed by atoms with van der Waals surface area (Å²) in [6.07, 6.45) is 12.5. The van der Waals surface area contributed by atoms with Crippen molar-refractivity contribution in [3.63, 3.8) is 0 Å². The molecule has 2 rings (SSSR count). The van der Waals surface area contributed by atoms with E-state index in [0.717, 1.165) is 44.4 Å². The minimum Gasteiger partial charge on any atom is -0.416 e. The lowest BCUT2D eigenvalue weighted by atomic mass is 9.79. The summed E-state index contributed by atoms with van der Waals surface area (Å²) in [5.74, 6) is 0.905. The number of amides is 1. The van der Waals surface area contributed by atoms with E-state index in [4.69, 9.17) is 4.42 Å². The summed E-state index contributed by atoms with van der Waals surface area (Å²) in [6, 6.07) is 0. The zero-order chi connectivity index (χ0) is 19.2. The van der Waals surface area contributed by atoms with Crippen LogP contribution < -0.4 is 0 Å². The van der Waals surface area contributed by atoms with E-state index in [2.05, 4.69) is 36.7 Å². The van der Waals surface area contributed by atoms with Crippen molar-refractivity contribution < 1.29 is 9.21 Å². The van der Waals surface area contributed by atoms with Crippen LogP contribution in [-0.2, 0) is 10.2 Å². The highest BCUT2D eigenvalue weighted by Crippen LogP contribution is 2.36. The van der Waals surface area contributed by atoms with Crippen LogP contribution in [-0.4, -0.2) is 33.6 Å². The molecule has 0 N–H and O–H groups in total. The molecule has 1 amide bonds. The Morgan fingerprint density at radius 2 is 1.46 bits per heavy atom. The van der Waals surface area contributed by atoms with Crippen molar-refractivity contribution in [2.75, 3.05) is 7.05 Å². The molecule has 2 atom stereocenters. The van der Waals surface area contributed by atoms with E-state index in [1.165, 1.54) is 32.1 Å². The molecule has 2 unspecified atom stereocenters. The van der Waals surface area contributed by atoms with Gasteiger partial charge in [0.15, 0.2) is 0 Å². The fourth-order valence-corrected chi connectivity index (χ4v) is 4.34. The summed E-state index contributed by atoms with van der Waals surface area (Å²) in [7, 11) is 1.96. The molecule has 0 radical (unpaired) electrons. The van der Waals surface area contributed by atoms with Crippen molar-refractivity contribution >= 4 is 18.5 Å². The molecule has 0 spiro atoms. The zero-order valence-corrected chi connectivity index (χ0v) is 17.8. The highest BCUT2D eigenvalue weighted by Gasteiger charge is 2.33. The zero-order valence-electron chi connectivity index (χ0n) is 16.9. The Hall–Kier alpha value is -1.04. The van der Waals surface area contributed by atoms with Crippen molar-refractivity contribution in [1.82, 2.24) is 15.1 Å². The van der Waals surface area contributed by atoms with E-state index in [-0.39, 0.29) is 16.9 Å². The first-order chi connectivity index (χ1) is 12.3. The molecule has 1 saturated carbocycles. The van der Waals surface area contributed by atoms with Crippen LogP contribution in [0.25, 0.3) is 0 Å². The molecular formula is C20H35N3O2S. The van der Waals surface area contributed by atoms with Crippen molar-refractivity contribution in [1.29, 1.82) is 0 Å². The normalized spacial score (nSPS) is 29.3. The van der Waals surface area contributed by atoms with Crippen LogP contribution in [0.15, 0.2) is 9.64 Å². The average Bonchev–Trinajstić information content (AvgIpc) is 3.03. The molecular weight excluding hydrogens is 346 g/mol. The van der Waals surface area contributed by atoms with E-state index >= 15 is 0 Å². The minimum absolute atomic E-state index is 0.0173. The Bertz CT molecular complexity index is 591. The summed E-state index contributed by atoms with van der Waals surface area (Å²) in [6.45, 7) is 6.18. The largest absolute Gasteiger partial charge is 0.416 e. The first-order valence-corrected chi connectivity index (χ1v) is 10.5. The maximum absolute atomic E-state index is 11.9. The number of thiol groups is 1. The predicted molar refractivity (Wildman–Crippen MR) is 107 cm³/mol. The fourth-order valence-electron chi connectivity index (χ4n) is 4.21. The van der Waals surface area contributed by atoms with Gasteiger partial charge < -0.3 is 9.32 Å². The van der Waals surface area contributed by atoms with Gasteiger partial charge >= 0.3 is 0 Å². The van der Waals surface area contributed by atoms with E-state index in [1.54, 1.807) is 6.92 Å². The molecule has 1 aliphatic carbocycles. The highest BCUT2D eigenvalue weighted by molar-refractivity contribution is 7.80. The molecule has 0 saturated heterocycles. The summed E-state index contributed by atoms with van der Waals surface area (Å²) in [4.78, 5) is 13.9. The summed E-state index contributed by atoms with van der Waals surface area (Å²) in [5.41, 5.74) is -0.0713. The number of hydrogen-bond acceptors (Lipinski definition) is 5. The molecule has 1 aromatic heterocycles. The third-order valence-electron chi connectivity index (χ3n) is 6.35. The van der Waals surface area contributed by atoms with Crippen LogP contribution in [0, 0.1) is 0 Å². The highest BCUT2D eigenvalue weighted by atomic mass is 32.1. The Balaban J connectivity index is 2.04. The van der Waals surface area contributed by atoms with Gasteiger partial charge in [0.2, 0.25) is 11.8 Å². The number of nitrogens with zero attached hydrogens (tertiary/aromatic N) is 3. The van der Waals surface area contributed by atoms with Crippen molar-refractivity contribution in [3.05, 3.63) is 5.89 Å². The molecule has 1 aliphatic rings. The Kier molecular flexibility index (Phi) is 7.56. The second kappa shape index (κ2) is 9.25. The monoisotopic (exact) mass is 381 g/mol. The lowest BCUT2D eigenvalue weighted by Crippen LogP contribution is -2.46. The van der Waals surface area contributed by atoms with Crippen LogP contribution in [0.4, 0.5) is 0 Å². The van der Waals surface area contributed by atoms with Crippen LogP contribution >= 0.6 is 12.6 Å². The molecule has 6 heteroatoms.